The molecule has 0 bridgehead atoms. The molecule has 0 aromatic heterocycles. The summed E-state index contributed by atoms with van der Waals surface area (Å²) in [6.45, 7) is 0. The van der Waals surface area contributed by atoms with Crippen LogP contribution in [-0.4, -0.2) is 11.1 Å². The van der Waals surface area contributed by atoms with Crippen LogP contribution < -0.4 is 0 Å². The van der Waals surface area contributed by atoms with Crippen molar-refractivity contribution in [2.24, 2.45) is 0 Å². The summed E-state index contributed by atoms with van der Waals surface area (Å²) in [7, 11) is 0. The molecule has 2 nitrogen and oxygen atoms in total. The van der Waals surface area contributed by atoms with E-state index in [4.69, 9.17) is 16.7 Å². The van der Waals surface area contributed by atoms with Crippen molar-refractivity contribution in [2.45, 2.75) is 6.42 Å². The summed E-state index contributed by atoms with van der Waals surface area (Å²) in [5, 5.41) is 8.98. The Morgan fingerprint density at radius 1 is 1.05 bits per heavy atom. The Hall–Kier alpha value is -1.94. The van der Waals surface area contributed by atoms with Gasteiger partial charge in [-0.05, 0) is 35.9 Å². The molecule has 1 N–H and O–H groups in total. The van der Waals surface area contributed by atoms with Gasteiger partial charge in [0.2, 0.25) is 0 Å². The van der Waals surface area contributed by atoms with Crippen molar-refractivity contribution >= 4 is 17.6 Å². The molecule has 0 radical (unpaired) electrons. The Balaban J connectivity index is 2.54. The molecule has 0 aliphatic heterocycles. The smallest absolute Gasteiger partial charge is 0.307 e. The number of hydrogen-bond donors (Lipinski definition) is 1. The zero-order chi connectivity index (χ0) is 14.0. The summed E-state index contributed by atoms with van der Waals surface area (Å²) in [6.07, 6.45) is -0.254. The third-order valence-corrected chi connectivity index (χ3v) is 2.84. The predicted molar refractivity (Wildman–Crippen MR) is 68.1 cm³/mol. The number of rotatable bonds is 3. The third kappa shape index (κ3) is 3.09. The van der Waals surface area contributed by atoms with Crippen LogP contribution >= 0.6 is 11.6 Å². The molecule has 0 fully saturated rings. The highest BCUT2D eigenvalue weighted by Gasteiger charge is 2.12. The van der Waals surface area contributed by atoms with Crippen LogP contribution in [-0.2, 0) is 11.2 Å². The van der Waals surface area contributed by atoms with Crippen LogP contribution in [0.3, 0.4) is 0 Å². The molecule has 0 amide bonds. The van der Waals surface area contributed by atoms with Gasteiger partial charge in [-0.15, -0.1) is 0 Å². The zero-order valence-corrected chi connectivity index (χ0v) is 10.4. The molecule has 0 aliphatic carbocycles. The fraction of sp³-hybridized carbons (Fsp3) is 0.0714. The number of aliphatic carboxylic acids is 1. The first-order chi connectivity index (χ1) is 8.97. The van der Waals surface area contributed by atoms with E-state index >= 15 is 0 Å². The number of hydrogen-bond acceptors (Lipinski definition) is 1. The number of carboxylic acid groups (broad SMARTS) is 1. The first-order valence-corrected chi connectivity index (χ1v) is 5.81. The van der Waals surface area contributed by atoms with Crippen LogP contribution in [0, 0.1) is 11.6 Å². The first kappa shape index (κ1) is 13.5. The predicted octanol–water partition coefficient (Wildman–Crippen LogP) is 3.91. The molecular weight excluding hydrogens is 274 g/mol. The molecule has 2 rings (SSSR count). The molecule has 19 heavy (non-hydrogen) atoms. The minimum atomic E-state index is -1.04. The molecule has 5 heteroatoms. The lowest BCUT2D eigenvalue weighted by atomic mass is 10.0. The third-order valence-electron chi connectivity index (χ3n) is 2.60. The summed E-state index contributed by atoms with van der Waals surface area (Å²) in [5.41, 5.74) is 0.402. The molecule has 98 valence electrons. The summed E-state index contributed by atoms with van der Waals surface area (Å²) in [5.74, 6) is -2.28. The number of carbonyl (C=O) groups is 1. The van der Waals surface area contributed by atoms with Gasteiger partial charge in [0, 0.05) is 16.1 Å². The quantitative estimate of drug-likeness (QED) is 0.926. The summed E-state index contributed by atoms with van der Waals surface area (Å²) >= 11 is 5.76. The van der Waals surface area contributed by atoms with Gasteiger partial charge in [0.1, 0.15) is 11.6 Å². The minimum absolute atomic E-state index is 0.00116. The van der Waals surface area contributed by atoms with Gasteiger partial charge < -0.3 is 5.11 Å². The van der Waals surface area contributed by atoms with Crippen molar-refractivity contribution in [2.75, 3.05) is 0 Å². The lowest BCUT2D eigenvalue weighted by molar-refractivity contribution is -0.136. The van der Waals surface area contributed by atoms with Crippen molar-refractivity contribution in [3.05, 3.63) is 58.6 Å². The average Bonchev–Trinajstić information content (AvgIpc) is 2.34. The first-order valence-electron chi connectivity index (χ1n) is 5.43. The maximum atomic E-state index is 13.7. The normalized spacial score (nSPS) is 10.5. The second-order valence-electron chi connectivity index (χ2n) is 4.01. The van der Waals surface area contributed by atoms with Gasteiger partial charge in [-0.1, -0.05) is 17.7 Å². The Bertz CT molecular complexity index is 641. The lowest BCUT2D eigenvalue weighted by Gasteiger charge is -2.07. The Morgan fingerprint density at radius 3 is 2.26 bits per heavy atom. The average molecular weight is 283 g/mol. The fourth-order valence-electron chi connectivity index (χ4n) is 1.77. The minimum Gasteiger partial charge on any atom is -0.481 e. The van der Waals surface area contributed by atoms with E-state index in [1.54, 1.807) is 0 Å². The van der Waals surface area contributed by atoms with Gasteiger partial charge in [0.05, 0.1) is 6.42 Å². The SMILES string of the molecule is O=C(O)Cc1ccc(F)c(-c2cc(Cl)ccc2F)c1. The highest BCUT2D eigenvalue weighted by molar-refractivity contribution is 6.30. The fourth-order valence-corrected chi connectivity index (χ4v) is 1.94. The largest absolute Gasteiger partial charge is 0.481 e. The maximum Gasteiger partial charge on any atom is 0.307 e. The van der Waals surface area contributed by atoms with Gasteiger partial charge >= 0.3 is 5.97 Å². The molecule has 0 unspecified atom stereocenters. The van der Waals surface area contributed by atoms with Crippen molar-refractivity contribution in [3.8, 4) is 11.1 Å². The van der Waals surface area contributed by atoms with Gasteiger partial charge in [-0.25, -0.2) is 8.78 Å². The molecule has 0 heterocycles. The molecule has 0 saturated carbocycles. The summed E-state index contributed by atoms with van der Waals surface area (Å²) in [6, 6.07) is 7.60. The molecule has 2 aromatic carbocycles. The van der Waals surface area contributed by atoms with Crippen molar-refractivity contribution in [1.29, 1.82) is 0 Å². The van der Waals surface area contributed by atoms with E-state index in [1.807, 2.05) is 0 Å². The standard InChI is InChI=1S/C14H9ClF2O2/c15-9-2-4-13(17)11(7-9)10-5-8(6-14(18)19)1-3-12(10)16/h1-5,7H,6H2,(H,18,19). The van der Waals surface area contributed by atoms with Crippen molar-refractivity contribution in [1.82, 2.24) is 0 Å². The molecule has 2 aromatic rings. The van der Waals surface area contributed by atoms with E-state index in [-0.39, 0.29) is 22.6 Å². The lowest BCUT2D eigenvalue weighted by Crippen LogP contribution is -2.01. The van der Waals surface area contributed by atoms with Gasteiger partial charge in [0.15, 0.2) is 0 Å². The van der Waals surface area contributed by atoms with Crippen LogP contribution in [0.1, 0.15) is 5.56 Å². The maximum absolute atomic E-state index is 13.7. The second kappa shape index (κ2) is 5.36. The molecule has 0 spiro atoms. The van der Waals surface area contributed by atoms with E-state index in [2.05, 4.69) is 0 Å². The van der Waals surface area contributed by atoms with Crippen molar-refractivity contribution in [3.63, 3.8) is 0 Å². The Labute approximate surface area is 113 Å². The number of carboxylic acids is 1. The van der Waals surface area contributed by atoms with E-state index in [0.717, 1.165) is 12.1 Å². The van der Waals surface area contributed by atoms with Gasteiger partial charge in [0.25, 0.3) is 0 Å². The number of benzene rings is 2. The Kier molecular flexibility index (Phi) is 3.81. The molecule has 0 aliphatic rings. The van der Waals surface area contributed by atoms with Crippen LogP contribution in [0.2, 0.25) is 5.02 Å². The van der Waals surface area contributed by atoms with Crippen molar-refractivity contribution < 1.29 is 18.7 Å². The highest BCUT2D eigenvalue weighted by Crippen LogP contribution is 2.29. The summed E-state index contributed by atoms with van der Waals surface area (Å²) < 4.78 is 27.4. The van der Waals surface area contributed by atoms with E-state index in [0.29, 0.717) is 5.56 Å². The molecule has 0 atom stereocenters. The monoisotopic (exact) mass is 282 g/mol. The van der Waals surface area contributed by atoms with Crippen LogP contribution in [0.15, 0.2) is 36.4 Å². The zero-order valence-electron chi connectivity index (χ0n) is 9.66. The van der Waals surface area contributed by atoms with E-state index in [9.17, 15) is 13.6 Å². The number of halogens is 3. The second-order valence-corrected chi connectivity index (χ2v) is 4.45. The highest BCUT2D eigenvalue weighted by atomic mass is 35.5. The van der Waals surface area contributed by atoms with Crippen LogP contribution in [0.4, 0.5) is 8.78 Å². The molecule has 0 saturated heterocycles. The van der Waals surface area contributed by atoms with Gasteiger partial charge in [-0.3, -0.25) is 4.79 Å². The van der Waals surface area contributed by atoms with Crippen LogP contribution in [0.25, 0.3) is 11.1 Å². The summed E-state index contributed by atoms with van der Waals surface area (Å²) in [4.78, 5) is 10.6. The van der Waals surface area contributed by atoms with E-state index in [1.165, 1.54) is 24.3 Å². The Morgan fingerprint density at radius 2 is 1.63 bits per heavy atom. The topological polar surface area (TPSA) is 37.3 Å². The van der Waals surface area contributed by atoms with Gasteiger partial charge in [-0.2, -0.15) is 0 Å². The van der Waals surface area contributed by atoms with Crippen LogP contribution in [0.5, 0.6) is 0 Å². The molecular formula is C14H9ClF2O2. The van der Waals surface area contributed by atoms with E-state index < -0.39 is 17.6 Å².